The third kappa shape index (κ3) is 42.4. The number of hydrogen-bond donors (Lipinski definition) is 0. The first-order valence-corrected chi connectivity index (χ1v) is 38.1. The highest BCUT2D eigenvalue weighted by Gasteiger charge is 2.36. The molecule has 696 valence electrons. The van der Waals surface area contributed by atoms with Gasteiger partial charge in [0, 0.05) is 121 Å². The van der Waals surface area contributed by atoms with Gasteiger partial charge in [-0.2, -0.15) is 26.3 Å². The summed E-state index contributed by atoms with van der Waals surface area (Å²) in [7, 11) is 22.6. The van der Waals surface area contributed by atoms with Gasteiger partial charge in [-0.1, -0.05) is 80.6 Å². The molecule has 0 aliphatic carbocycles. The number of likely N-dealkylation sites (N-methyl/N-ethyl adjacent to an activating group) is 1. The molecule has 0 spiro atoms. The fraction of sp³-hybridized carbons (Fsp3) is 0.250. The van der Waals surface area contributed by atoms with Crippen LogP contribution in [-0.4, -0.2) is 216 Å². The number of pyridine rings is 9. The maximum atomic E-state index is 12.7. The number of anilines is 1. The maximum absolute atomic E-state index is 12.7. The number of nitrogens with zero attached hydrogens (tertiary/aromatic N) is 12. The lowest BCUT2D eigenvalue weighted by atomic mass is 10.0. The van der Waals surface area contributed by atoms with E-state index < -0.39 is 88.6 Å². The van der Waals surface area contributed by atoms with Crippen molar-refractivity contribution in [3.8, 4) is 5.75 Å². The molecule has 0 radical (unpaired) electrons. The molecule has 0 fully saturated rings. The van der Waals surface area contributed by atoms with Crippen LogP contribution in [0.25, 0.3) is 0 Å². The summed E-state index contributed by atoms with van der Waals surface area (Å²) in [5.41, 5.74) is 6.59. The summed E-state index contributed by atoms with van der Waals surface area (Å²) in [6.45, 7) is 6.03. The molecule has 0 aliphatic rings. The van der Waals surface area contributed by atoms with Gasteiger partial charge in [-0.25, -0.2) is 96.8 Å². The van der Waals surface area contributed by atoms with Gasteiger partial charge in [0.05, 0.1) is 88.4 Å². The number of alkyl halides is 6. The molecule has 0 aliphatic heterocycles. The molecule has 9 heterocycles. The van der Waals surface area contributed by atoms with E-state index in [1.807, 2.05) is 57.2 Å². The molecule has 0 amide bonds. The van der Waals surface area contributed by atoms with Crippen LogP contribution >= 0.6 is 0 Å². The number of aromatic nitrogens is 9. The molecule has 11 rings (SSSR count). The Labute approximate surface area is 750 Å². The molecular weight excluding hydrogens is 1730 g/mol. The van der Waals surface area contributed by atoms with Crippen LogP contribution in [0.5, 0.6) is 5.75 Å². The van der Waals surface area contributed by atoms with Crippen LogP contribution in [0.2, 0.25) is 0 Å². The fourth-order valence-electron chi connectivity index (χ4n) is 9.28. The standard InChI is InChI=1S/C20H24N2.C10H13NO2.C9H12N2O2.2C8H6F3NO2.C8H9NO3.C8H9NO2.2C7H6FNO2.C7H7NO2/c1-21-19(14-17-10-6-4-7-11-17)16-20(22(2)3)15-18-12-8-5-9-13-18;1-7(2)8-4-5-11-9(6-8)10(12)13-3;1-11(2)7-4-5-10-8(6-7)9(12)13-3;1-14-7(13)6-3-2-5(4-12-6)8(9,10)11;1-14-7(13)6-5(8(9,10)11)3-2-4-12-6;1-11-6-3-4-9-7(5-6)8(10)12-2;1-6-3-4-9-7(5-6)8(10)11-2;1-11-7(10)6-3-2-5(8)4-9-6;1-11-7(10)6-5(8)3-2-4-9-6;1-10-7(9)6-4-2-3-5-8-6/h4-13,16H,14-15H2,1-3H3;4-7H,1-3H3;4-6H,1-3H3;2*2-4H,1H3;3-5H,1-2H3;3-5H,1-2H3;2*2-4H,1H3;2-5H,1H3/b20-16-,21-19?;;;;;;;;;. The van der Waals surface area contributed by atoms with Crippen molar-refractivity contribution in [1.82, 2.24) is 49.8 Å². The molecule has 39 heteroatoms. The number of carbonyl (C=O) groups is 9. The lowest BCUT2D eigenvalue weighted by molar-refractivity contribution is -0.139. The number of aryl methyl sites for hydroxylation is 1. The van der Waals surface area contributed by atoms with E-state index in [4.69, 9.17) is 4.74 Å². The number of benzene rings is 2. The number of methoxy groups -OCH3 is 10. The quantitative estimate of drug-likeness (QED) is 0.0333. The number of esters is 9. The van der Waals surface area contributed by atoms with Crippen LogP contribution in [0.15, 0.2) is 248 Å². The smallest absolute Gasteiger partial charge is 0.418 e. The first kappa shape index (κ1) is 111. The van der Waals surface area contributed by atoms with Gasteiger partial charge in [-0.15, -0.1) is 0 Å². The van der Waals surface area contributed by atoms with Crippen molar-refractivity contribution in [2.24, 2.45) is 4.99 Å². The zero-order valence-corrected chi connectivity index (χ0v) is 74.7. The molecule has 9 aromatic heterocycles. The first-order chi connectivity index (χ1) is 62.2. The molecule has 131 heavy (non-hydrogen) atoms. The number of hydrogen-bond acceptors (Lipinski definition) is 31. The third-order valence-electron chi connectivity index (χ3n) is 16.1. The van der Waals surface area contributed by atoms with Crippen LogP contribution in [0.3, 0.4) is 0 Å². The van der Waals surface area contributed by atoms with Crippen molar-refractivity contribution in [1.29, 1.82) is 0 Å². The Bertz CT molecular complexity index is 5370. The lowest BCUT2D eigenvalue weighted by Gasteiger charge is -2.18. The van der Waals surface area contributed by atoms with E-state index in [-0.39, 0.29) is 28.7 Å². The number of carbonyl (C=O) groups excluding carboxylic acids is 9. The molecule has 0 bridgehead atoms. The maximum Gasteiger partial charge on any atom is 0.418 e. The largest absolute Gasteiger partial charge is 0.497 e. The molecule has 0 saturated heterocycles. The summed E-state index contributed by atoms with van der Waals surface area (Å²) in [6, 6.07) is 48.6. The number of allylic oxidation sites excluding steroid dienone is 2. The third-order valence-corrected chi connectivity index (χ3v) is 16.1. The minimum absolute atomic E-state index is 0.105. The molecule has 0 atom stereocenters. The second-order valence-corrected chi connectivity index (χ2v) is 26.0. The van der Waals surface area contributed by atoms with Crippen LogP contribution in [0.4, 0.5) is 40.8 Å². The van der Waals surface area contributed by atoms with E-state index in [0.29, 0.717) is 40.6 Å². The van der Waals surface area contributed by atoms with Gasteiger partial charge in [0.1, 0.15) is 45.7 Å². The first-order valence-electron chi connectivity index (χ1n) is 38.1. The van der Waals surface area contributed by atoms with Gasteiger partial charge >= 0.3 is 66.1 Å². The second-order valence-electron chi connectivity index (χ2n) is 26.0. The van der Waals surface area contributed by atoms with E-state index >= 15 is 0 Å². The van der Waals surface area contributed by atoms with Gasteiger partial charge in [0.25, 0.3) is 0 Å². The molecule has 2 aromatic carbocycles. The van der Waals surface area contributed by atoms with Crippen LogP contribution < -0.4 is 9.64 Å². The topological polar surface area (TPSA) is 381 Å². The van der Waals surface area contributed by atoms with Crippen molar-refractivity contribution < 1.29 is 126 Å². The van der Waals surface area contributed by atoms with E-state index in [1.54, 1.807) is 67.3 Å². The second kappa shape index (κ2) is 60.0. The molecule has 11 aromatic rings. The van der Waals surface area contributed by atoms with Gasteiger partial charge in [-0.05, 0) is 144 Å². The number of rotatable bonds is 18. The normalized spacial score (nSPS) is 10.3. The summed E-state index contributed by atoms with van der Waals surface area (Å²) in [6.07, 6.45) is 6.77. The monoisotopic (exact) mass is 1830 g/mol. The lowest BCUT2D eigenvalue weighted by Crippen LogP contribution is -2.15. The van der Waals surface area contributed by atoms with E-state index in [9.17, 15) is 78.3 Å². The summed E-state index contributed by atoms with van der Waals surface area (Å²) in [5, 5.41) is 0. The van der Waals surface area contributed by atoms with Crippen molar-refractivity contribution in [3.63, 3.8) is 0 Å². The zero-order chi connectivity index (χ0) is 98.2. The molecular formula is C92H98F8N12O19. The molecule has 0 unspecified atom stereocenters. The van der Waals surface area contributed by atoms with Crippen molar-refractivity contribution in [2.75, 3.05) is 111 Å². The van der Waals surface area contributed by atoms with Gasteiger partial charge < -0.3 is 57.2 Å². The van der Waals surface area contributed by atoms with Crippen LogP contribution in [0, 0.1) is 18.6 Å². The van der Waals surface area contributed by atoms with Crippen LogP contribution in [-0.2, 0) is 67.8 Å². The zero-order valence-electron chi connectivity index (χ0n) is 74.7. The Balaban J connectivity index is 0.000000497. The fourth-order valence-corrected chi connectivity index (χ4v) is 9.28. The van der Waals surface area contributed by atoms with E-state index in [0.717, 1.165) is 98.4 Å². The predicted octanol–water partition coefficient (Wildman–Crippen LogP) is 15.6. The molecule has 31 nitrogen and oxygen atoms in total. The summed E-state index contributed by atoms with van der Waals surface area (Å²) in [5.74, 6) is -5.41. The van der Waals surface area contributed by atoms with E-state index in [2.05, 4.69) is 186 Å². The number of halogens is 8. The Kier molecular flexibility index (Phi) is 51.0. The Morgan fingerprint density at radius 1 is 0.389 bits per heavy atom. The Morgan fingerprint density at radius 3 is 1.22 bits per heavy atom. The number of ether oxygens (including phenoxy) is 10. The highest BCUT2D eigenvalue weighted by Crippen LogP contribution is 2.32. The molecule has 0 N–H and O–H groups in total. The highest BCUT2D eigenvalue weighted by molar-refractivity contribution is 5.97. The minimum atomic E-state index is -4.60. The Morgan fingerprint density at radius 2 is 0.802 bits per heavy atom. The molecule has 0 saturated carbocycles. The van der Waals surface area contributed by atoms with Gasteiger partial charge in [0.15, 0.2) is 22.9 Å². The highest BCUT2D eigenvalue weighted by atomic mass is 19.4. The van der Waals surface area contributed by atoms with E-state index in [1.165, 1.54) is 104 Å². The van der Waals surface area contributed by atoms with Crippen molar-refractivity contribution >= 4 is 65.1 Å². The van der Waals surface area contributed by atoms with Gasteiger partial charge in [-0.3, -0.25) is 4.99 Å². The van der Waals surface area contributed by atoms with Gasteiger partial charge in [0.2, 0.25) is 0 Å². The van der Waals surface area contributed by atoms with Crippen LogP contribution in [0.1, 0.15) is 148 Å². The summed E-state index contributed by atoms with van der Waals surface area (Å²) >= 11 is 0. The minimum Gasteiger partial charge on any atom is -0.497 e. The summed E-state index contributed by atoms with van der Waals surface area (Å²) < 4.78 is 142. The summed E-state index contributed by atoms with van der Waals surface area (Å²) in [4.78, 5) is 139. The Hall–Kier alpha value is -15.7. The van der Waals surface area contributed by atoms with Crippen molar-refractivity contribution in [2.45, 2.75) is 51.9 Å². The average Bonchev–Trinajstić information content (AvgIpc) is 0.818. The SMILES string of the molecule is CN=C(/C=C(/Cc1ccccc1)N(C)C)Cc1ccccc1.COC(=O)c1cc(C(C)C)ccn1.COC(=O)c1cc(C)ccn1.COC(=O)c1cc(N(C)C)ccn1.COC(=O)c1cc(OC)ccn1.COC(=O)c1ccc(C(F)(F)F)cn1.COC(=O)c1ccc(F)cn1.COC(=O)c1ccccn1.COC(=O)c1ncccc1C(F)(F)F.COC(=O)c1ncccc1F. The van der Waals surface area contributed by atoms with Crippen molar-refractivity contribution in [3.05, 3.63) is 340 Å². The predicted molar refractivity (Wildman–Crippen MR) is 465 cm³/mol. The average molecular weight is 1830 g/mol. The number of aliphatic imine (C=N–C) groups is 1.